The van der Waals surface area contributed by atoms with Crippen molar-refractivity contribution < 1.29 is 19.1 Å². The Kier molecular flexibility index (Phi) is 6.01. The normalized spacial score (nSPS) is 11.8. The van der Waals surface area contributed by atoms with Gasteiger partial charge in [-0.2, -0.15) is 0 Å². The molecule has 0 aliphatic rings. The highest BCUT2D eigenvalue weighted by Crippen LogP contribution is 2.22. The molecule has 0 saturated heterocycles. The van der Waals surface area contributed by atoms with Gasteiger partial charge >= 0.3 is 5.97 Å². The van der Waals surface area contributed by atoms with Crippen LogP contribution in [0.2, 0.25) is 10.0 Å². The molecule has 1 amide bonds. The van der Waals surface area contributed by atoms with Gasteiger partial charge in [0.15, 0.2) is 11.9 Å². The van der Waals surface area contributed by atoms with Crippen LogP contribution >= 0.6 is 23.2 Å². The summed E-state index contributed by atoms with van der Waals surface area (Å²) in [6, 6.07) is 1.44. The minimum atomic E-state index is -0.990. The van der Waals surface area contributed by atoms with Gasteiger partial charge in [-0.15, -0.1) is 0 Å². The van der Waals surface area contributed by atoms with Crippen LogP contribution < -0.4 is 5.32 Å². The zero-order valence-corrected chi connectivity index (χ0v) is 11.8. The van der Waals surface area contributed by atoms with Crippen LogP contribution in [0.25, 0.3) is 0 Å². The van der Waals surface area contributed by atoms with Gasteiger partial charge < -0.3 is 14.8 Å². The summed E-state index contributed by atoms with van der Waals surface area (Å²) in [7, 11) is 1.35. The quantitative estimate of drug-likeness (QED) is 0.841. The Labute approximate surface area is 120 Å². The number of nitrogens with one attached hydrogen (secondary N) is 1. The minimum Gasteiger partial charge on any atom is -0.451 e. The Morgan fingerprint density at radius 1 is 1.47 bits per heavy atom. The van der Waals surface area contributed by atoms with Gasteiger partial charge in [0.05, 0.1) is 10.0 Å². The number of hydrogen-bond acceptors (Lipinski definition) is 5. The number of hydrogen-bond donors (Lipinski definition) is 1. The molecule has 1 atom stereocenters. The average Bonchev–Trinajstić information content (AvgIpc) is 2.32. The molecular formula is C11H12Cl2N2O4. The van der Waals surface area contributed by atoms with E-state index in [9.17, 15) is 9.59 Å². The van der Waals surface area contributed by atoms with Crippen LogP contribution in [0.3, 0.4) is 0 Å². The standard InChI is InChI=1S/C11H12Cl2N2O4/c1-6(19-9(16)5-18-2)11(17)15-10-8(13)3-7(12)4-14-10/h3-4,6H,5H2,1-2H3,(H,14,15,17)/t6-/m0/s1. The van der Waals surface area contributed by atoms with E-state index in [2.05, 4.69) is 15.0 Å². The van der Waals surface area contributed by atoms with Crippen molar-refractivity contribution in [1.29, 1.82) is 0 Å². The van der Waals surface area contributed by atoms with Crippen LogP contribution in [-0.2, 0) is 19.1 Å². The topological polar surface area (TPSA) is 77.5 Å². The SMILES string of the molecule is COCC(=O)O[C@@H](C)C(=O)Nc1ncc(Cl)cc1Cl. The second-order valence-electron chi connectivity index (χ2n) is 3.54. The summed E-state index contributed by atoms with van der Waals surface area (Å²) in [6.07, 6.45) is 0.348. The van der Waals surface area contributed by atoms with E-state index in [0.717, 1.165) is 0 Å². The number of pyridine rings is 1. The number of anilines is 1. The molecule has 1 N–H and O–H groups in total. The Morgan fingerprint density at radius 3 is 2.74 bits per heavy atom. The first-order chi connectivity index (χ1) is 8.93. The lowest BCUT2D eigenvalue weighted by Crippen LogP contribution is -2.31. The summed E-state index contributed by atoms with van der Waals surface area (Å²) in [4.78, 5) is 26.7. The van der Waals surface area contributed by atoms with Crippen molar-refractivity contribution >= 4 is 40.9 Å². The lowest BCUT2D eigenvalue weighted by Gasteiger charge is -2.13. The van der Waals surface area contributed by atoms with Crippen molar-refractivity contribution in [2.24, 2.45) is 0 Å². The van der Waals surface area contributed by atoms with E-state index in [1.807, 2.05) is 0 Å². The molecule has 8 heteroatoms. The largest absolute Gasteiger partial charge is 0.451 e. The summed E-state index contributed by atoms with van der Waals surface area (Å²) < 4.78 is 9.40. The summed E-state index contributed by atoms with van der Waals surface area (Å²) >= 11 is 11.5. The Hall–Kier alpha value is -1.37. The van der Waals surface area contributed by atoms with Crippen molar-refractivity contribution in [3.05, 3.63) is 22.3 Å². The molecule has 0 aliphatic carbocycles. The lowest BCUT2D eigenvalue weighted by molar-refractivity contribution is -0.156. The second kappa shape index (κ2) is 7.28. The van der Waals surface area contributed by atoms with Gasteiger partial charge in [0.2, 0.25) is 0 Å². The van der Waals surface area contributed by atoms with Crippen LogP contribution in [0.4, 0.5) is 5.82 Å². The number of halogens is 2. The fourth-order valence-corrected chi connectivity index (χ4v) is 1.55. The zero-order chi connectivity index (χ0) is 14.4. The minimum absolute atomic E-state index is 0.144. The van der Waals surface area contributed by atoms with E-state index >= 15 is 0 Å². The Bertz CT molecular complexity index is 482. The molecule has 1 heterocycles. The maximum atomic E-state index is 11.7. The van der Waals surface area contributed by atoms with E-state index in [-0.39, 0.29) is 17.4 Å². The molecule has 104 valence electrons. The molecule has 0 aromatic carbocycles. The first kappa shape index (κ1) is 15.7. The van der Waals surface area contributed by atoms with Gasteiger partial charge in [0.25, 0.3) is 5.91 Å². The summed E-state index contributed by atoms with van der Waals surface area (Å²) in [6.45, 7) is 1.20. The van der Waals surface area contributed by atoms with Crippen LogP contribution in [0, 0.1) is 0 Å². The van der Waals surface area contributed by atoms with E-state index in [0.29, 0.717) is 5.02 Å². The van der Waals surface area contributed by atoms with E-state index in [4.69, 9.17) is 27.9 Å². The highest BCUT2D eigenvalue weighted by Gasteiger charge is 2.19. The molecule has 0 aliphatic heterocycles. The fourth-order valence-electron chi connectivity index (χ4n) is 1.13. The van der Waals surface area contributed by atoms with E-state index in [1.165, 1.54) is 26.3 Å². The molecule has 0 saturated carbocycles. The predicted molar refractivity (Wildman–Crippen MR) is 70.3 cm³/mol. The van der Waals surface area contributed by atoms with Gasteiger partial charge in [-0.05, 0) is 13.0 Å². The number of carbonyl (C=O) groups excluding carboxylic acids is 2. The van der Waals surface area contributed by atoms with Crippen LogP contribution in [-0.4, -0.2) is 36.7 Å². The lowest BCUT2D eigenvalue weighted by atomic mass is 10.3. The van der Waals surface area contributed by atoms with Gasteiger partial charge in [-0.25, -0.2) is 9.78 Å². The summed E-state index contributed by atoms with van der Waals surface area (Å²) in [5, 5.41) is 2.97. The monoisotopic (exact) mass is 306 g/mol. The van der Waals surface area contributed by atoms with Crippen LogP contribution in [0.1, 0.15) is 6.92 Å². The van der Waals surface area contributed by atoms with Crippen molar-refractivity contribution in [2.45, 2.75) is 13.0 Å². The molecule has 1 aromatic heterocycles. The highest BCUT2D eigenvalue weighted by molar-refractivity contribution is 6.36. The molecule has 1 rings (SSSR count). The molecular weight excluding hydrogens is 295 g/mol. The number of rotatable bonds is 5. The number of ether oxygens (including phenoxy) is 2. The number of nitrogens with zero attached hydrogens (tertiary/aromatic N) is 1. The number of amides is 1. The second-order valence-corrected chi connectivity index (χ2v) is 4.38. The van der Waals surface area contributed by atoms with Crippen molar-refractivity contribution in [3.63, 3.8) is 0 Å². The average molecular weight is 307 g/mol. The number of carbonyl (C=O) groups is 2. The van der Waals surface area contributed by atoms with Crippen molar-refractivity contribution in [2.75, 3.05) is 19.0 Å². The molecule has 0 bridgehead atoms. The molecule has 6 nitrogen and oxygen atoms in total. The number of aromatic nitrogens is 1. The summed E-state index contributed by atoms with van der Waals surface area (Å²) in [5.41, 5.74) is 0. The maximum Gasteiger partial charge on any atom is 0.332 e. The zero-order valence-electron chi connectivity index (χ0n) is 10.3. The van der Waals surface area contributed by atoms with Gasteiger partial charge in [-0.3, -0.25) is 4.79 Å². The van der Waals surface area contributed by atoms with E-state index < -0.39 is 18.0 Å². The first-order valence-corrected chi connectivity index (χ1v) is 6.00. The first-order valence-electron chi connectivity index (χ1n) is 5.24. The third-order valence-electron chi connectivity index (χ3n) is 1.99. The maximum absolute atomic E-state index is 11.7. The Balaban J connectivity index is 2.61. The van der Waals surface area contributed by atoms with E-state index in [1.54, 1.807) is 0 Å². The van der Waals surface area contributed by atoms with Crippen molar-refractivity contribution in [3.8, 4) is 0 Å². The molecule has 0 radical (unpaired) electrons. The number of esters is 1. The molecule has 0 fully saturated rings. The van der Waals surface area contributed by atoms with Crippen molar-refractivity contribution in [1.82, 2.24) is 4.98 Å². The highest BCUT2D eigenvalue weighted by atomic mass is 35.5. The molecule has 0 spiro atoms. The van der Waals surface area contributed by atoms with Gasteiger partial charge in [-0.1, -0.05) is 23.2 Å². The van der Waals surface area contributed by atoms with Gasteiger partial charge in [0.1, 0.15) is 6.61 Å². The van der Waals surface area contributed by atoms with Crippen LogP contribution in [0.5, 0.6) is 0 Å². The molecule has 0 unspecified atom stereocenters. The fraction of sp³-hybridized carbons (Fsp3) is 0.364. The Morgan fingerprint density at radius 2 is 2.16 bits per heavy atom. The third-order valence-corrected chi connectivity index (χ3v) is 2.48. The van der Waals surface area contributed by atoms with Gasteiger partial charge in [0, 0.05) is 13.3 Å². The predicted octanol–water partition coefficient (Wildman–Crippen LogP) is 1.90. The third kappa shape index (κ3) is 5.02. The number of methoxy groups -OCH3 is 1. The molecule has 1 aromatic rings. The molecule has 19 heavy (non-hydrogen) atoms. The summed E-state index contributed by atoms with van der Waals surface area (Å²) in [5.74, 6) is -1.05. The smallest absolute Gasteiger partial charge is 0.332 e. The van der Waals surface area contributed by atoms with Crippen LogP contribution in [0.15, 0.2) is 12.3 Å².